The van der Waals surface area contributed by atoms with E-state index < -0.39 is 5.97 Å². The molecule has 0 aromatic rings. The summed E-state index contributed by atoms with van der Waals surface area (Å²) >= 11 is 0. The highest BCUT2D eigenvalue weighted by Gasteiger charge is 2.12. The molecule has 1 rings (SSSR count). The van der Waals surface area contributed by atoms with E-state index >= 15 is 0 Å². The Balaban J connectivity index is 0.000000252. The molecule has 0 bridgehead atoms. The number of aliphatic carboxylic acids is 1. The van der Waals surface area contributed by atoms with Gasteiger partial charge in [-0.15, -0.1) is 0 Å². The van der Waals surface area contributed by atoms with E-state index in [0.717, 1.165) is 12.0 Å². The van der Waals surface area contributed by atoms with E-state index in [4.69, 9.17) is 9.90 Å². The molecule has 76 valence electrons. The molecule has 0 N–H and O–H groups in total. The fourth-order valence-electron chi connectivity index (χ4n) is 1.71. The van der Waals surface area contributed by atoms with Gasteiger partial charge in [0.15, 0.2) is 0 Å². The molecule has 1 aliphatic carbocycles. The van der Waals surface area contributed by atoms with Crippen molar-refractivity contribution >= 4 is 5.97 Å². The third-order valence-electron chi connectivity index (χ3n) is 2.34. The lowest BCUT2D eigenvalue weighted by atomic mass is 10.0. The van der Waals surface area contributed by atoms with Gasteiger partial charge in [-0.2, -0.15) is 0 Å². The number of carboxylic acids is 1. The molecule has 1 fully saturated rings. The minimum absolute atomic E-state index is 0.722. The summed E-state index contributed by atoms with van der Waals surface area (Å²) in [5.41, 5.74) is 0. The minimum Gasteiger partial charge on any atom is -0.545 e. The van der Waals surface area contributed by atoms with Crippen LogP contribution < -0.4 is 5.11 Å². The molecule has 13 heavy (non-hydrogen) atoms. The maximum Gasteiger partial charge on any atom is 0.0636 e. The number of carboxylic acid groups (broad SMARTS) is 1. The highest BCUT2D eigenvalue weighted by molar-refractivity contribution is 5.76. The van der Waals surface area contributed by atoms with Crippen LogP contribution in [0.25, 0.3) is 0 Å². The lowest BCUT2D eigenvalue weighted by Crippen LogP contribution is -2.17. The molecule has 0 atom stereocenters. The normalized spacial score (nSPS) is 16.1. The smallest absolute Gasteiger partial charge is 0.0636 e. The van der Waals surface area contributed by atoms with Gasteiger partial charge in [0.1, 0.15) is 0 Å². The summed E-state index contributed by atoms with van der Waals surface area (Å²) < 4.78 is 0. The Hall–Kier alpha value is -0.790. The first-order valence-corrected chi connectivity index (χ1v) is 5.04. The molecule has 2 heteroatoms. The van der Waals surface area contributed by atoms with Crippen LogP contribution in [-0.2, 0) is 4.79 Å². The molecular weight excluding hydrogens is 164 g/mol. The first-order chi connectivity index (χ1) is 6.20. The van der Waals surface area contributed by atoms with E-state index in [0.29, 0.717) is 0 Å². The fraction of sp³-hybridized carbons (Fsp3) is 0.727. The quantitative estimate of drug-likeness (QED) is 0.627. The lowest BCUT2D eigenvalue weighted by molar-refractivity contribution is -0.297. The third kappa shape index (κ3) is 7.57. The lowest BCUT2D eigenvalue weighted by Gasteiger charge is -2.03. The molecule has 0 amide bonds. The van der Waals surface area contributed by atoms with Crippen LogP contribution in [0.4, 0.5) is 0 Å². The van der Waals surface area contributed by atoms with Gasteiger partial charge in [-0.1, -0.05) is 52.0 Å². The second-order valence-corrected chi connectivity index (χ2v) is 3.46. The minimum atomic E-state index is -1.23. The molecule has 0 aromatic heterocycles. The van der Waals surface area contributed by atoms with Crippen LogP contribution in [-0.4, -0.2) is 5.97 Å². The molecule has 1 aliphatic rings. The molecule has 2 nitrogen and oxygen atoms in total. The molecule has 1 saturated carbocycles. The Morgan fingerprint density at radius 2 is 2.00 bits per heavy atom. The van der Waals surface area contributed by atoms with E-state index in [1.54, 1.807) is 0 Å². The molecule has 0 aliphatic heterocycles. The topological polar surface area (TPSA) is 40.1 Å². The molecule has 0 saturated heterocycles. The summed E-state index contributed by atoms with van der Waals surface area (Å²) in [6, 6.07) is 0. The van der Waals surface area contributed by atoms with E-state index in [-0.39, 0.29) is 0 Å². The first kappa shape index (κ1) is 12.2. The van der Waals surface area contributed by atoms with Crippen molar-refractivity contribution in [3.8, 4) is 0 Å². The third-order valence-corrected chi connectivity index (χ3v) is 2.34. The van der Waals surface area contributed by atoms with Crippen molar-refractivity contribution in [1.82, 2.24) is 0 Å². The largest absolute Gasteiger partial charge is 0.545 e. The average molecular weight is 183 g/mol. The van der Waals surface area contributed by atoms with Crippen LogP contribution >= 0.6 is 0 Å². The molecule has 0 heterocycles. The fourth-order valence-corrected chi connectivity index (χ4v) is 1.71. The second-order valence-electron chi connectivity index (χ2n) is 3.46. The van der Waals surface area contributed by atoms with Gasteiger partial charge in [0.2, 0.25) is 0 Å². The van der Waals surface area contributed by atoms with Gasteiger partial charge in [-0.25, -0.2) is 0 Å². The van der Waals surface area contributed by atoms with Gasteiger partial charge in [-0.05, 0) is 12.0 Å². The van der Waals surface area contributed by atoms with Crippen LogP contribution in [0.3, 0.4) is 0 Å². The Morgan fingerprint density at radius 3 is 2.31 bits per heavy atom. The summed E-state index contributed by atoms with van der Waals surface area (Å²) in [6.45, 7) is 5.19. The highest BCUT2D eigenvalue weighted by atomic mass is 16.4. The Kier molecular flexibility index (Phi) is 7.36. The number of carbonyl (C=O) groups excluding carboxylic acids is 1. The van der Waals surface area contributed by atoms with Gasteiger partial charge < -0.3 is 9.90 Å². The number of hydrogen-bond donors (Lipinski definition) is 0. The first-order valence-electron chi connectivity index (χ1n) is 5.04. The van der Waals surface area contributed by atoms with Gasteiger partial charge in [0, 0.05) is 0 Å². The predicted molar refractivity (Wildman–Crippen MR) is 52.1 cm³/mol. The van der Waals surface area contributed by atoms with Crippen molar-refractivity contribution in [2.45, 2.75) is 45.4 Å². The van der Waals surface area contributed by atoms with Crippen molar-refractivity contribution < 1.29 is 9.90 Å². The zero-order valence-corrected chi connectivity index (χ0v) is 8.42. The summed E-state index contributed by atoms with van der Waals surface area (Å²) in [7, 11) is 0. The van der Waals surface area contributed by atoms with Crippen LogP contribution in [0.15, 0.2) is 12.7 Å². The Bertz CT molecular complexity index is 146. The molecule has 0 aromatic carbocycles. The molecule has 0 radical (unpaired) electrons. The summed E-state index contributed by atoms with van der Waals surface area (Å²) in [5.74, 6) is -0.120. The van der Waals surface area contributed by atoms with Crippen molar-refractivity contribution in [2.75, 3.05) is 0 Å². The van der Waals surface area contributed by atoms with Gasteiger partial charge >= 0.3 is 0 Å². The molecule has 0 spiro atoms. The SMILES string of the molecule is C=CC(=O)[O-].CCCC1CCCC1. The highest BCUT2D eigenvalue weighted by Crippen LogP contribution is 2.27. The maximum absolute atomic E-state index is 9.14. The monoisotopic (exact) mass is 183 g/mol. The Labute approximate surface area is 80.7 Å². The van der Waals surface area contributed by atoms with Crippen molar-refractivity contribution in [2.24, 2.45) is 5.92 Å². The van der Waals surface area contributed by atoms with Gasteiger partial charge in [0.25, 0.3) is 0 Å². The zero-order valence-electron chi connectivity index (χ0n) is 8.42. The van der Waals surface area contributed by atoms with Gasteiger partial charge in [-0.3, -0.25) is 0 Å². The van der Waals surface area contributed by atoms with Crippen LogP contribution in [0.1, 0.15) is 45.4 Å². The summed E-state index contributed by atoms with van der Waals surface area (Å²) in [5, 5.41) is 9.14. The van der Waals surface area contributed by atoms with Crippen LogP contribution in [0.5, 0.6) is 0 Å². The molecular formula is C11H19O2-. The van der Waals surface area contributed by atoms with E-state index in [9.17, 15) is 0 Å². The summed E-state index contributed by atoms with van der Waals surface area (Å²) in [4.78, 5) is 9.14. The summed E-state index contributed by atoms with van der Waals surface area (Å²) in [6.07, 6.45) is 9.65. The zero-order chi connectivity index (χ0) is 10.1. The van der Waals surface area contributed by atoms with Crippen molar-refractivity contribution in [1.29, 1.82) is 0 Å². The maximum atomic E-state index is 9.14. The predicted octanol–water partition coefficient (Wildman–Crippen LogP) is 1.90. The van der Waals surface area contributed by atoms with Crippen LogP contribution in [0.2, 0.25) is 0 Å². The second kappa shape index (κ2) is 7.84. The van der Waals surface area contributed by atoms with E-state index in [1.807, 2.05) is 0 Å². The van der Waals surface area contributed by atoms with Crippen LogP contribution in [0, 0.1) is 5.92 Å². The number of hydrogen-bond acceptors (Lipinski definition) is 2. The Morgan fingerprint density at radius 1 is 1.54 bits per heavy atom. The van der Waals surface area contributed by atoms with Crippen molar-refractivity contribution in [3.05, 3.63) is 12.7 Å². The number of rotatable bonds is 3. The van der Waals surface area contributed by atoms with E-state index in [1.165, 1.54) is 38.5 Å². The standard InChI is InChI=1S/C8H16.C3H4O2/c1-2-5-8-6-3-4-7-8;1-2-3(4)5/h8H,2-7H2,1H3;2H,1H2,(H,4,5)/p-1. The van der Waals surface area contributed by atoms with Gasteiger partial charge in [0.05, 0.1) is 5.97 Å². The van der Waals surface area contributed by atoms with E-state index in [2.05, 4.69) is 13.5 Å². The average Bonchev–Trinajstić information content (AvgIpc) is 2.59. The molecule has 0 unspecified atom stereocenters. The number of carbonyl (C=O) groups is 1. The van der Waals surface area contributed by atoms with Crippen molar-refractivity contribution in [3.63, 3.8) is 0 Å².